The lowest BCUT2D eigenvalue weighted by Crippen LogP contribution is -2.38. The van der Waals surface area contributed by atoms with E-state index in [0.29, 0.717) is 6.54 Å². The van der Waals surface area contributed by atoms with Gasteiger partial charge in [-0.25, -0.2) is 4.39 Å². The fourth-order valence-electron chi connectivity index (χ4n) is 2.96. The maximum atomic E-state index is 13.2. The minimum Gasteiger partial charge on any atom is -0.356 e. The topological polar surface area (TPSA) is 49.3 Å². The molecular weight excluding hydrogens is 454 g/mol. The molecular formula is C21H24FIN4. The molecule has 0 bridgehead atoms. The number of aromatic nitrogens is 1. The average Bonchev–Trinajstić information content (AvgIpc) is 2.66. The summed E-state index contributed by atoms with van der Waals surface area (Å²) < 4.78 is 13.2. The Morgan fingerprint density at radius 3 is 2.67 bits per heavy atom. The Balaban J connectivity index is 0.00000261. The first kappa shape index (κ1) is 21.1. The molecule has 0 saturated heterocycles. The van der Waals surface area contributed by atoms with Crippen molar-refractivity contribution >= 4 is 40.8 Å². The Morgan fingerprint density at radius 2 is 1.89 bits per heavy atom. The predicted octanol–water partition coefficient (Wildman–Crippen LogP) is 4.21. The summed E-state index contributed by atoms with van der Waals surface area (Å²) in [5, 5.41) is 7.79. The number of pyridine rings is 1. The molecule has 0 aliphatic carbocycles. The summed E-state index contributed by atoms with van der Waals surface area (Å²) in [6.45, 7) is 3.32. The van der Waals surface area contributed by atoms with Gasteiger partial charge in [0.25, 0.3) is 0 Å². The molecule has 0 radical (unpaired) electrons. The minimum atomic E-state index is -0.193. The van der Waals surface area contributed by atoms with Crippen LogP contribution in [0.5, 0.6) is 0 Å². The zero-order valence-electron chi connectivity index (χ0n) is 15.5. The predicted molar refractivity (Wildman–Crippen MR) is 120 cm³/mol. The molecule has 0 amide bonds. The first-order valence-corrected chi connectivity index (χ1v) is 8.69. The van der Waals surface area contributed by atoms with Gasteiger partial charge < -0.3 is 10.6 Å². The van der Waals surface area contributed by atoms with Gasteiger partial charge in [0.05, 0.1) is 5.52 Å². The fraction of sp³-hybridized carbons (Fsp3) is 0.238. The van der Waals surface area contributed by atoms with Gasteiger partial charge >= 0.3 is 0 Å². The van der Waals surface area contributed by atoms with Gasteiger partial charge in [0.15, 0.2) is 5.96 Å². The van der Waals surface area contributed by atoms with Gasteiger partial charge in [-0.2, -0.15) is 0 Å². The summed E-state index contributed by atoms with van der Waals surface area (Å²) >= 11 is 0. The molecule has 1 heterocycles. The van der Waals surface area contributed by atoms with E-state index in [1.165, 1.54) is 11.6 Å². The molecule has 2 aromatic carbocycles. The number of halogens is 2. The minimum absolute atomic E-state index is 0. The number of hydrogen-bond acceptors (Lipinski definition) is 2. The zero-order chi connectivity index (χ0) is 18.4. The average molecular weight is 478 g/mol. The van der Waals surface area contributed by atoms with Crippen molar-refractivity contribution in [2.24, 2.45) is 4.99 Å². The van der Waals surface area contributed by atoms with E-state index < -0.39 is 0 Å². The molecule has 4 nitrogen and oxygen atoms in total. The summed E-state index contributed by atoms with van der Waals surface area (Å²) in [5.74, 6) is 0.548. The highest BCUT2D eigenvalue weighted by Crippen LogP contribution is 2.15. The normalized spacial score (nSPS) is 11.1. The molecule has 0 saturated carbocycles. The van der Waals surface area contributed by atoms with Gasteiger partial charge in [-0.1, -0.05) is 24.3 Å². The van der Waals surface area contributed by atoms with Gasteiger partial charge in [0.1, 0.15) is 5.82 Å². The van der Waals surface area contributed by atoms with Gasteiger partial charge in [-0.15, -0.1) is 24.0 Å². The van der Waals surface area contributed by atoms with Crippen LogP contribution in [-0.2, 0) is 13.0 Å². The van der Waals surface area contributed by atoms with Crippen molar-refractivity contribution in [3.63, 3.8) is 0 Å². The highest BCUT2D eigenvalue weighted by molar-refractivity contribution is 14.0. The first-order valence-electron chi connectivity index (χ1n) is 8.69. The Hall–Kier alpha value is -2.22. The molecule has 3 aromatic rings. The molecule has 1 aromatic heterocycles. The fourth-order valence-corrected chi connectivity index (χ4v) is 2.96. The largest absolute Gasteiger partial charge is 0.356 e. The van der Waals surface area contributed by atoms with Gasteiger partial charge in [-0.3, -0.25) is 9.98 Å². The second-order valence-electron chi connectivity index (χ2n) is 6.16. The highest BCUT2D eigenvalue weighted by atomic mass is 127. The monoisotopic (exact) mass is 478 g/mol. The van der Waals surface area contributed by atoms with E-state index in [-0.39, 0.29) is 29.8 Å². The molecule has 0 fully saturated rings. The van der Waals surface area contributed by atoms with Crippen LogP contribution in [0.3, 0.4) is 0 Å². The SMILES string of the molecule is CN=C(NCCc1ccc(F)cc1C)NCc1ccnc2ccccc12.I. The Morgan fingerprint density at radius 1 is 1.07 bits per heavy atom. The van der Waals surface area contributed by atoms with Crippen molar-refractivity contribution in [2.45, 2.75) is 19.9 Å². The third-order valence-electron chi connectivity index (χ3n) is 4.40. The number of benzene rings is 2. The Bertz CT molecular complexity index is 922. The number of nitrogens with zero attached hydrogens (tertiary/aromatic N) is 2. The van der Waals surface area contributed by atoms with Crippen molar-refractivity contribution in [2.75, 3.05) is 13.6 Å². The van der Waals surface area contributed by atoms with Gasteiger partial charge in [0.2, 0.25) is 0 Å². The van der Waals surface area contributed by atoms with Crippen LogP contribution < -0.4 is 10.6 Å². The summed E-state index contributed by atoms with van der Waals surface area (Å²) in [7, 11) is 1.75. The van der Waals surface area contributed by atoms with Crippen molar-refractivity contribution < 1.29 is 4.39 Å². The van der Waals surface area contributed by atoms with Crippen LogP contribution >= 0.6 is 24.0 Å². The summed E-state index contributed by atoms with van der Waals surface area (Å²) in [5.41, 5.74) is 4.27. The van der Waals surface area contributed by atoms with Crippen molar-refractivity contribution in [3.8, 4) is 0 Å². The van der Waals surface area contributed by atoms with Crippen LogP contribution in [-0.4, -0.2) is 24.5 Å². The van der Waals surface area contributed by atoms with Crippen molar-refractivity contribution in [3.05, 3.63) is 77.2 Å². The first-order chi connectivity index (χ1) is 12.7. The van der Waals surface area contributed by atoms with E-state index in [9.17, 15) is 4.39 Å². The van der Waals surface area contributed by atoms with Crippen LogP contribution in [0.25, 0.3) is 10.9 Å². The number of aryl methyl sites for hydroxylation is 1. The van der Waals surface area contributed by atoms with Crippen LogP contribution in [0.2, 0.25) is 0 Å². The van der Waals surface area contributed by atoms with Crippen LogP contribution in [0.15, 0.2) is 59.7 Å². The quantitative estimate of drug-likeness (QED) is 0.328. The highest BCUT2D eigenvalue weighted by Gasteiger charge is 2.04. The third-order valence-corrected chi connectivity index (χ3v) is 4.40. The molecule has 3 rings (SSSR count). The number of para-hydroxylation sites is 1. The number of hydrogen-bond donors (Lipinski definition) is 2. The molecule has 0 spiro atoms. The van der Waals surface area contributed by atoms with Gasteiger partial charge in [0, 0.05) is 31.7 Å². The number of aliphatic imine (C=N–C) groups is 1. The standard InChI is InChI=1S/C21H23FN4.HI/c1-15-13-18(22)8-7-16(15)9-12-25-21(23-2)26-14-17-10-11-24-20-6-4-3-5-19(17)20;/h3-8,10-11,13H,9,12,14H2,1-2H3,(H2,23,25,26);1H. The lowest BCUT2D eigenvalue weighted by molar-refractivity contribution is 0.625. The maximum absolute atomic E-state index is 13.2. The molecule has 142 valence electrons. The maximum Gasteiger partial charge on any atom is 0.191 e. The number of guanidine groups is 1. The van der Waals surface area contributed by atoms with Crippen molar-refractivity contribution in [1.82, 2.24) is 15.6 Å². The van der Waals surface area contributed by atoms with Gasteiger partial charge in [-0.05, 0) is 54.3 Å². The molecule has 0 unspecified atom stereocenters. The lowest BCUT2D eigenvalue weighted by atomic mass is 10.1. The van der Waals surface area contributed by atoms with E-state index in [2.05, 4.69) is 26.7 Å². The van der Waals surface area contributed by atoms with Crippen LogP contribution in [0.4, 0.5) is 4.39 Å². The van der Waals surface area contributed by atoms with E-state index in [1.54, 1.807) is 13.1 Å². The number of nitrogens with one attached hydrogen (secondary N) is 2. The molecule has 27 heavy (non-hydrogen) atoms. The second-order valence-corrected chi connectivity index (χ2v) is 6.16. The molecule has 6 heteroatoms. The van der Waals surface area contributed by atoms with Crippen LogP contribution in [0.1, 0.15) is 16.7 Å². The third kappa shape index (κ3) is 5.63. The molecule has 0 aliphatic heterocycles. The Labute approximate surface area is 176 Å². The van der Waals surface area contributed by atoms with E-state index in [0.717, 1.165) is 41.0 Å². The number of rotatable bonds is 5. The molecule has 2 N–H and O–H groups in total. The van der Waals surface area contributed by atoms with E-state index in [1.807, 2.05) is 43.5 Å². The van der Waals surface area contributed by atoms with Crippen LogP contribution in [0, 0.1) is 12.7 Å². The van der Waals surface area contributed by atoms with E-state index in [4.69, 9.17) is 0 Å². The molecule has 0 aliphatic rings. The number of fused-ring (bicyclic) bond motifs is 1. The summed E-state index contributed by atoms with van der Waals surface area (Å²) in [6.07, 6.45) is 2.64. The second kappa shape index (κ2) is 10.2. The zero-order valence-corrected chi connectivity index (χ0v) is 17.8. The summed E-state index contributed by atoms with van der Waals surface area (Å²) in [4.78, 5) is 8.66. The van der Waals surface area contributed by atoms with Crippen molar-refractivity contribution in [1.29, 1.82) is 0 Å². The Kier molecular flexibility index (Phi) is 7.97. The smallest absolute Gasteiger partial charge is 0.191 e. The van der Waals surface area contributed by atoms with E-state index >= 15 is 0 Å². The molecule has 0 atom stereocenters. The summed E-state index contributed by atoms with van der Waals surface area (Å²) in [6, 6.07) is 15.0. The lowest BCUT2D eigenvalue weighted by Gasteiger charge is -2.13.